The van der Waals surface area contributed by atoms with E-state index in [-0.39, 0.29) is 85.0 Å². The van der Waals surface area contributed by atoms with E-state index >= 15 is 0 Å². The van der Waals surface area contributed by atoms with Crippen LogP contribution in [0.4, 0.5) is 0 Å². The Morgan fingerprint density at radius 2 is 0.643 bits per heavy atom. The molecule has 14 heteroatoms. The SMILES string of the molecule is O.O.O.O.O.O.O.O=S(=O)(O)O.[Fe].[NaH]. The Hall–Kier alpha value is 1.11. The Kier molecular flexibility index (Phi) is 395. The molecule has 0 spiro atoms. The summed E-state index contributed by atoms with van der Waals surface area (Å²) in [6, 6.07) is 0. The molecule has 0 bridgehead atoms. The van der Waals surface area contributed by atoms with Crippen LogP contribution in [0.1, 0.15) is 0 Å². The van der Waals surface area contributed by atoms with Crippen LogP contribution in [0.5, 0.6) is 0 Å². The molecule has 0 aromatic heterocycles. The molecule has 0 aromatic carbocycles. The molecule has 0 fully saturated rings. The summed E-state index contributed by atoms with van der Waals surface area (Å²) in [4.78, 5) is 0. The van der Waals surface area contributed by atoms with Crippen molar-refractivity contribution in [3.63, 3.8) is 0 Å². The summed E-state index contributed by atoms with van der Waals surface area (Å²) in [5.41, 5.74) is 0. The number of rotatable bonds is 0. The zero-order chi connectivity index (χ0) is 4.50. The Balaban J connectivity index is -0.00000000222. The van der Waals surface area contributed by atoms with Crippen LogP contribution >= 0.6 is 0 Å². The maximum atomic E-state index is 8.74. The Morgan fingerprint density at radius 1 is 0.643 bits per heavy atom. The second-order valence-electron chi connectivity index (χ2n) is 0.448. The summed E-state index contributed by atoms with van der Waals surface area (Å²) in [5, 5.41) is 0. The van der Waals surface area contributed by atoms with Gasteiger partial charge < -0.3 is 38.3 Å². The van der Waals surface area contributed by atoms with E-state index in [4.69, 9.17) is 17.5 Å². The van der Waals surface area contributed by atoms with Crippen molar-refractivity contribution in [3.05, 3.63) is 0 Å². The van der Waals surface area contributed by atoms with Crippen molar-refractivity contribution in [2.24, 2.45) is 0 Å². The first-order valence-electron chi connectivity index (χ1n) is 0.698. The van der Waals surface area contributed by atoms with Crippen LogP contribution < -0.4 is 0 Å². The molecule has 0 aliphatic heterocycles. The van der Waals surface area contributed by atoms with Crippen molar-refractivity contribution >= 4 is 40.0 Å². The fourth-order valence-corrected chi connectivity index (χ4v) is 0. The number of hydrogen-bond acceptors (Lipinski definition) is 2. The summed E-state index contributed by atoms with van der Waals surface area (Å²) < 4.78 is 31.6. The molecule has 0 radical (unpaired) electrons. The van der Waals surface area contributed by atoms with Crippen LogP contribution in [0.3, 0.4) is 0 Å². The van der Waals surface area contributed by atoms with Gasteiger partial charge in [0, 0.05) is 17.1 Å². The molecule has 0 aromatic rings. The fourth-order valence-electron chi connectivity index (χ4n) is 0. The van der Waals surface area contributed by atoms with Crippen molar-refractivity contribution < 1.29 is 72.9 Å². The third-order valence-corrected chi connectivity index (χ3v) is 0. The van der Waals surface area contributed by atoms with E-state index in [1.807, 2.05) is 0 Å². The molecule has 11 nitrogen and oxygen atoms in total. The predicted molar refractivity (Wildman–Crippen MR) is 46.6 cm³/mol. The average Bonchev–Trinajstić information content (AvgIpc) is 0.722. The first-order valence-corrected chi connectivity index (χ1v) is 2.10. The van der Waals surface area contributed by atoms with E-state index in [0.717, 1.165) is 0 Å². The van der Waals surface area contributed by atoms with Gasteiger partial charge in [0.05, 0.1) is 0 Å². The molecule has 16 N–H and O–H groups in total. The Bertz CT molecular complexity index is 98.5. The minimum atomic E-state index is -4.67. The van der Waals surface area contributed by atoms with Crippen molar-refractivity contribution in [3.8, 4) is 0 Å². The van der Waals surface area contributed by atoms with E-state index < -0.39 is 10.4 Å². The van der Waals surface area contributed by atoms with E-state index in [1.165, 1.54) is 0 Å². The normalized spacial score (nSPS) is 4.14. The molecular formula is H17FeNaO11S. The summed E-state index contributed by atoms with van der Waals surface area (Å²) in [6.07, 6.45) is 0. The van der Waals surface area contributed by atoms with Crippen molar-refractivity contribution in [1.29, 1.82) is 0 Å². The summed E-state index contributed by atoms with van der Waals surface area (Å²) in [7, 11) is -4.67. The topological polar surface area (TPSA) is 295 Å². The van der Waals surface area contributed by atoms with Gasteiger partial charge in [-0.1, -0.05) is 0 Å². The molecule has 0 atom stereocenters. The fraction of sp³-hybridized carbons (Fsp3) is 0. The molecule has 0 saturated carbocycles. The Labute approximate surface area is 112 Å². The molecule has 0 rings (SSSR count). The van der Waals surface area contributed by atoms with Gasteiger partial charge in [0.1, 0.15) is 0 Å². The van der Waals surface area contributed by atoms with Crippen LogP contribution in [-0.4, -0.2) is 85.4 Å². The monoisotopic (exact) mass is 304 g/mol. The molecule has 0 amide bonds. The molecule has 0 heterocycles. The molecule has 14 heavy (non-hydrogen) atoms. The quantitative estimate of drug-likeness (QED) is 0.325. The first kappa shape index (κ1) is 115. The predicted octanol–water partition coefficient (Wildman–Crippen LogP) is -7.08. The molecule has 0 unspecified atom stereocenters. The molecular weight excluding hydrogens is 287 g/mol. The van der Waals surface area contributed by atoms with Gasteiger partial charge in [0.25, 0.3) is 0 Å². The molecule has 0 saturated heterocycles. The molecule has 0 aliphatic carbocycles. The van der Waals surface area contributed by atoms with E-state index in [9.17, 15) is 0 Å². The summed E-state index contributed by atoms with van der Waals surface area (Å²) in [6.45, 7) is 0. The standard InChI is InChI=1S/Fe.Na.H2O4S.7H2O.H/c;;1-5(2,3)4;;;;;;;;/h;;(H2,1,2,3,4);7*1H2;. The van der Waals surface area contributed by atoms with Gasteiger partial charge in [-0.3, -0.25) is 9.11 Å². The second kappa shape index (κ2) is 48.0. The second-order valence-corrected chi connectivity index (χ2v) is 1.34. The zero-order valence-corrected chi connectivity index (χ0v) is 7.89. The first-order chi connectivity index (χ1) is 2.00. The van der Waals surface area contributed by atoms with E-state index in [2.05, 4.69) is 0 Å². The van der Waals surface area contributed by atoms with Crippen LogP contribution in [0, 0.1) is 0 Å². The Morgan fingerprint density at radius 3 is 0.643 bits per heavy atom. The summed E-state index contributed by atoms with van der Waals surface area (Å²) >= 11 is 0. The van der Waals surface area contributed by atoms with Gasteiger partial charge in [0.15, 0.2) is 0 Å². The van der Waals surface area contributed by atoms with E-state index in [1.54, 1.807) is 0 Å². The van der Waals surface area contributed by atoms with Crippen molar-refractivity contribution in [1.82, 2.24) is 0 Å². The third-order valence-electron chi connectivity index (χ3n) is 0. The third kappa shape index (κ3) is 1560. The molecule has 0 aliphatic rings. The molecule has 98 valence electrons. The van der Waals surface area contributed by atoms with Gasteiger partial charge in [0.2, 0.25) is 0 Å². The number of hydrogen-bond donors (Lipinski definition) is 2. The van der Waals surface area contributed by atoms with Gasteiger partial charge >= 0.3 is 40.0 Å². The van der Waals surface area contributed by atoms with Gasteiger partial charge in [-0.15, -0.1) is 0 Å². The van der Waals surface area contributed by atoms with Crippen LogP contribution in [-0.2, 0) is 27.5 Å². The van der Waals surface area contributed by atoms with Gasteiger partial charge in [-0.05, 0) is 0 Å². The van der Waals surface area contributed by atoms with E-state index in [0.29, 0.717) is 0 Å². The zero-order valence-electron chi connectivity index (χ0n) is 5.97. The van der Waals surface area contributed by atoms with Gasteiger partial charge in [-0.2, -0.15) is 8.42 Å². The van der Waals surface area contributed by atoms with Crippen LogP contribution in [0.15, 0.2) is 0 Å². The van der Waals surface area contributed by atoms with Crippen molar-refractivity contribution in [2.45, 2.75) is 0 Å². The van der Waals surface area contributed by atoms with Gasteiger partial charge in [-0.25, -0.2) is 0 Å². The summed E-state index contributed by atoms with van der Waals surface area (Å²) in [5.74, 6) is 0. The van der Waals surface area contributed by atoms with Crippen LogP contribution in [0.2, 0.25) is 0 Å². The minimum absolute atomic E-state index is 0. The maximum absolute atomic E-state index is 8.74. The van der Waals surface area contributed by atoms with Crippen molar-refractivity contribution in [2.75, 3.05) is 0 Å². The average molecular weight is 304 g/mol. The van der Waals surface area contributed by atoms with Crippen LogP contribution in [0.25, 0.3) is 0 Å².